The zero-order valence-corrected chi connectivity index (χ0v) is 17.6. The summed E-state index contributed by atoms with van der Waals surface area (Å²) in [6, 6.07) is 1.98. The van der Waals surface area contributed by atoms with Crippen molar-refractivity contribution in [2.75, 3.05) is 0 Å². The predicted octanol–water partition coefficient (Wildman–Crippen LogP) is -2.98. The third-order valence-electron chi connectivity index (χ3n) is 2.97. The maximum Gasteiger partial charge on any atom is 1.00 e. The number of nitrogens with zero attached hydrogens (tertiary/aromatic N) is 2. The van der Waals surface area contributed by atoms with E-state index in [9.17, 15) is 9.90 Å². The molecule has 1 aliphatic heterocycles. The second kappa shape index (κ2) is 7.45. The SMILES string of the molecule is CC1=NC2[CH-]CCC2C(C#N)=C1C(=O)[O-].[Rb+].[W]. The molecule has 0 aromatic carbocycles. The number of hydrogen-bond acceptors (Lipinski definition) is 4. The molecule has 2 atom stereocenters. The van der Waals surface area contributed by atoms with Crippen molar-refractivity contribution in [1.82, 2.24) is 0 Å². The molecular weight excluding hydrogens is 461 g/mol. The molecule has 1 fully saturated rings. The molecule has 0 saturated heterocycles. The standard InChI is InChI=1S/C11H11N2O2.Rb.W/c1-6-10(11(14)15)8(5-12)7-3-2-4-9(7)13-6;;/h4,7,9H,2-3H2,1H3,(H,14,15);;/q-1;+1;/p-1. The van der Waals surface area contributed by atoms with Gasteiger partial charge in [0.15, 0.2) is 0 Å². The van der Waals surface area contributed by atoms with Gasteiger partial charge in [0.25, 0.3) is 0 Å². The van der Waals surface area contributed by atoms with Crippen LogP contribution in [0.3, 0.4) is 0 Å². The maximum atomic E-state index is 10.9. The van der Waals surface area contributed by atoms with E-state index in [-0.39, 0.29) is 96.8 Å². The van der Waals surface area contributed by atoms with E-state index in [0.29, 0.717) is 11.3 Å². The zero-order valence-electron chi connectivity index (χ0n) is 9.77. The van der Waals surface area contributed by atoms with Gasteiger partial charge in [-0.15, -0.1) is 0 Å². The van der Waals surface area contributed by atoms with Crippen LogP contribution in [0.25, 0.3) is 0 Å². The predicted molar refractivity (Wildman–Crippen MR) is 51.6 cm³/mol. The summed E-state index contributed by atoms with van der Waals surface area (Å²) < 4.78 is 0. The summed E-state index contributed by atoms with van der Waals surface area (Å²) in [5.74, 6) is -1.34. The molecule has 2 rings (SSSR count). The number of hydrogen-bond donors (Lipinski definition) is 0. The molecule has 6 heteroatoms. The number of carbonyl (C=O) groups excluding carboxylic acids is 1. The molecule has 0 aromatic heterocycles. The molecule has 0 amide bonds. The fourth-order valence-corrected chi connectivity index (χ4v) is 2.30. The molecule has 1 aliphatic carbocycles. The van der Waals surface area contributed by atoms with Crippen molar-refractivity contribution in [2.45, 2.75) is 25.8 Å². The first-order valence-corrected chi connectivity index (χ1v) is 4.89. The van der Waals surface area contributed by atoms with Crippen molar-refractivity contribution in [3.8, 4) is 6.07 Å². The second-order valence-corrected chi connectivity index (χ2v) is 3.81. The van der Waals surface area contributed by atoms with E-state index in [1.54, 1.807) is 6.92 Å². The van der Waals surface area contributed by atoms with Gasteiger partial charge in [0.05, 0.1) is 12.0 Å². The van der Waals surface area contributed by atoms with Gasteiger partial charge in [0, 0.05) is 37.9 Å². The molecule has 0 aromatic rings. The first kappa shape index (κ1) is 17.9. The van der Waals surface area contributed by atoms with Gasteiger partial charge in [-0.2, -0.15) is 11.7 Å². The third kappa shape index (κ3) is 3.45. The van der Waals surface area contributed by atoms with E-state index in [4.69, 9.17) is 5.26 Å². The van der Waals surface area contributed by atoms with Crippen LogP contribution in [0.15, 0.2) is 16.1 Å². The fourth-order valence-electron chi connectivity index (χ4n) is 2.30. The number of carboxylic acid groups (broad SMARTS) is 1. The Bertz CT molecular complexity index is 426. The minimum absolute atomic E-state index is 0. The van der Waals surface area contributed by atoms with Gasteiger partial charge in [-0.1, -0.05) is 12.5 Å². The molecule has 2 aliphatic rings. The van der Waals surface area contributed by atoms with Crippen molar-refractivity contribution in [3.63, 3.8) is 0 Å². The maximum absolute atomic E-state index is 10.9. The number of aliphatic carboxylic acids is 1. The minimum atomic E-state index is -1.29. The second-order valence-electron chi connectivity index (χ2n) is 3.81. The molecule has 1 saturated carbocycles. The third-order valence-corrected chi connectivity index (χ3v) is 2.97. The molecule has 0 bridgehead atoms. The largest absolute Gasteiger partial charge is 1.00 e. The van der Waals surface area contributed by atoms with E-state index in [1.165, 1.54) is 0 Å². The summed E-state index contributed by atoms with van der Waals surface area (Å²) in [6.07, 6.45) is 3.73. The normalized spacial score (nSPS) is 26.0. The van der Waals surface area contributed by atoms with Gasteiger partial charge in [-0.05, 0) is 12.8 Å². The molecule has 2 unspecified atom stereocenters. The topological polar surface area (TPSA) is 76.3 Å². The summed E-state index contributed by atoms with van der Waals surface area (Å²) >= 11 is 0. The van der Waals surface area contributed by atoms with Crippen molar-refractivity contribution >= 4 is 11.7 Å². The van der Waals surface area contributed by atoms with Crippen LogP contribution in [0.2, 0.25) is 0 Å². The Labute approximate surface area is 164 Å². The van der Waals surface area contributed by atoms with Crippen LogP contribution in [0, 0.1) is 23.7 Å². The fraction of sp³-hybridized carbons (Fsp3) is 0.455. The van der Waals surface area contributed by atoms with Gasteiger partial charge in [-0.25, -0.2) is 0 Å². The number of carbonyl (C=O) groups is 1. The smallest absolute Gasteiger partial charge is 0.545 e. The average Bonchev–Trinajstić information content (AvgIpc) is 2.62. The Balaban J connectivity index is 0.00000128. The monoisotopic (exact) mass is 471 g/mol. The number of dihydropyridines is 1. The molecule has 1 heterocycles. The number of nitriles is 1. The summed E-state index contributed by atoms with van der Waals surface area (Å²) in [7, 11) is 0. The van der Waals surface area contributed by atoms with Crippen molar-refractivity contribution in [1.29, 1.82) is 5.26 Å². The van der Waals surface area contributed by atoms with Gasteiger partial charge in [0.1, 0.15) is 0 Å². The number of fused-ring (bicyclic) bond motifs is 1. The van der Waals surface area contributed by atoms with Gasteiger partial charge >= 0.3 is 58.2 Å². The summed E-state index contributed by atoms with van der Waals surface area (Å²) in [5.41, 5.74) is 0.737. The molecule has 4 nitrogen and oxygen atoms in total. The van der Waals surface area contributed by atoms with Gasteiger partial charge in [-0.3, -0.25) is 0 Å². The Morgan fingerprint density at radius 2 is 2.29 bits per heavy atom. The molecule has 0 N–H and O–H groups in total. The van der Waals surface area contributed by atoms with E-state index < -0.39 is 5.97 Å². The molecular formula is C11H10N2O2RbW-. The van der Waals surface area contributed by atoms with Crippen LogP contribution >= 0.6 is 0 Å². The number of carboxylic acids is 1. The Hall–Kier alpha value is 0.864. The Morgan fingerprint density at radius 1 is 1.65 bits per heavy atom. The minimum Gasteiger partial charge on any atom is -0.545 e. The van der Waals surface area contributed by atoms with Crippen molar-refractivity contribution in [2.24, 2.45) is 10.9 Å². The zero-order chi connectivity index (χ0) is 11.0. The number of aliphatic imine (C=N–C) groups is 1. The van der Waals surface area contributed by atoms with Crippen LogP contribution in [0.4, 0.5) is 0 Å². The van der Waals surface area contributed by atoms with Gasteiger partial charge in [0.2, 0.25) is 0 Å². The van der Waals surface area contributed by atoms with E-state index in [0.717, 1.165) is 12.8 Å². The van der Waals surface area contributed by atoms with E-state index in [2.05, 4.69) is 4.99 Å². The van der Waals surface area contributed by atoms with Crippen LogP contribution in [0.5, 0.6) is 0 Å². The Kier molecular flexibility index (Phi) is 7.83. The van der Waals surface area contributed by atoms with Crippen molar-refractivity contribution < 1.29 is 89.2 Å². The molecule has 17 heavy (non-hydrogen) atoms. The first-order chi connectivity index (χ1) is 7.15. The summed E-state index contributed by atoms with van der Waals surface area (Å²) in [6.45, 7) is 1.62. The first-order valence-electron chi connectivity index (χ1n) is 4.89. The van der Waals surface area contributed by atoms with Crippen molar-refractivity contribution in [3.05, 3.63) is 17.6 Å². The van der Waals surface area contributed by atoms with Crippen LogP contribution in [-0.2, 0) is 25.9 Å². The molecule has 0 radical (unpaired) electrons. The van der Waals surface area contributed by atoms with Gasteiger partial charge < -0.3 is 21.3 Å². The quantitative estimate of drug-likeness (QED) is 0.383. The molecule has 0 spiro atoms. The van der Waals surface area contributed by atoms with E-state index in [1.807, 2.05) is 12.5 Å². The summed E-state index contributed by atoms with van der Waals surface area (Å²) in [5, 5.41) is 19.9. The van der Waals surface area contributed by atoms with Crippen LogP contribution < -0.4 is 63.3 Å². The van der Waals surface area contributed by atoms with Crippen LogP contribution in [-0.4, -0.2) is 17.7 Å². The average molecular weight is 472 g/mol. The molecule has 84 valence electrons. The van der Waals surface area contributed by atoms with E-state index >= 15 is 0 Å². The Morgan fingerprint density at radius 3 is 2.82 bits per heavy atom. The number of rotatable bonds is 1. The summed E-state index contributed by atoms with van der Waals surface area (Å²) in [4.78, 5) is 15.2. The van der Waals surface area contributed by atoms with Crippen LogP contribution in [0.1, 0.15) is 19.8 Å².